The summed E-state index contributed by atoms with van der Waals surface area (Å²) in [7, 11) is 3.26. The highest BCUT2D eigenvalue weighted by atomic mass is 16.5. The predicted octanol–water partition coefficient (Wildman–Crippen LogP) is 3.20. The summed E-state index contributed by atoms with van der Waals surface area (Å²) >= 11 is 0. The van der Waals surface area contributed by atoms with Crippen molar-refractivity contribution in [1.82, 2.24) is 4.98 Å². The Morgan fingerprint density at radius 1 is 1.16 bits per heavy atom. The number of para-hydroxylation sites is 1. The van der Waals surface area contributed by atoms with Crippen LogP contribution in [0.4, 0.5) is 5.69 Å². The number of rotatable bonds is 5. The van der Waals surface area contributed by atoms with Crippen LogP contribution in [0.25, 0.3) is 11.3 Å². The topological polar surface area (TPSA) is 43.4 Å². The molecule has 0 radical (unpaired) electrons. The van der Waals surface area contributed by atoms with Gasteiger partial charge in [0, 0.05) is 24.0 Å². The quantitative estimate of drug-likeness (QED) is 0.894. The molecule has 4 nitrogen and oxygen atoms in total. The summed E-state index contributed by atoms with van der Waals surface area (Å²) in [5, 5.41) is 3.27. The van der Waals surface area contributed by atoms with E-state index >= 15 is 0 Å². The molecule has 1 aromatic carbocycles. The van der Waals surface area contributed by atoms with E-state index in [-0.39, 0.29) is 0 Å². The van der Waals surface area contributed by atoms with Gasteiger partial charge >= 0.3 is 0 Å². The lowest BCUT2D eigenvalue weighted by molar-refractivity contribution is 0.356. The minimum absolute atomic E-state index is 0.700. The van der Waals surface area contributed by atoms with Crippen molar-refractivity contribution in [1.29, 1.82) is 0 Å². The van der Waals surface area contributed by atoms with Gasteiger partial charge in [0.2, 0.25) is 0 Å². The standard InChI is InChI=1S/C15H18N2O2/c1-4-16-11-8-9-17-13(10-11)12-6-5-7-14(18-2)15(12)19-3/h5-10H,4H2,1-3H3,(H,16,17). The Morgan fingerprint density at radius 2 is 2.00 bits per heavy atom. The van der Waals surface area contributed by atoms with E-state index in [0.717, 1.165) is 23.5 Å². The second-order valence-electron chi connectivity index (χ2n) is 4.00. The average Bonchev–Trinajstić information content (AvgIpc) is 2.47. The monoisotopic (exact) mass is 258 g/mol. The van der Waals surface area contributed by atoms with Crippen LogP contribution in [0.15, 0.2) is 36.5 Å². The molecule has 0 saturated carbocycles. The van der Waals surface area contributed by atoms with E-state index in [1.54, 1.807) is 20.4 Å². The summed E-state index contributed by atoms with van der Waals surface area (Å²) in [6, 6.07) is 9.72. The molecule has 2 aromatic rings. The van der Waals surface area contributed by atoms with E-state index in [0.29, 0.717) is 11.5 Å². The van der Waals surface area contributed by atoms with Gasteiger partial charge in [-0.15, -0.1) is 0 Å². The van der Waals surface area contributed by atoms with Crippen molar-refractivity contribution in [3.8, 4) is 22.8 Å². The van der Waals surface area contributed by atoms with Crippen molar-refractivity contribution in [2.45, 2.75) is 6.92 Å². The van der Waals surface area contributed by atoms with Crippen molar-refractivity contribution in [2.75, 3.05) is 26.1 Å². The molecule has 4 heteroatoms. The first kappa shape index (κ1) is 13.2. The zero-order chi connectivity index (χ0) is 13.7. The number of hydrogen-bond acceptors (Lipinski definition) is 4. The highest BCUT2D eigenvalue weighted by molar-refractivity contribution is 5.73. The van der Waals surface area contributed by atoms with Crippen LogP contribution in [0.3, 0.4) is 0 Å². The van der Waals surface area contributed by atoms with Crippen LogP contribution in [0.1, 0.15) is 6.92 Å². The number of pyridine rings is 1. The van der Waals surface area contributed by atoms with Gasteiger partial charge in [0.15, 0.2) is 11.5 Å². The van der Waals surface area contributed by atoms with E-state index in [2.05, 4.69) is 17.2 Å². The van der Waals surface area contributed by atoms with Crippen LogP contribution in [-0.2, 0) is 0 Å². The van der Waals surface area contributed by atoms with Gasteiger partial charge < -0.3 is 14.8 Å². The van der Waals surface area contributed by atoms with E-state index in [1.807, 2.05) is 30.3 Å². The van der Waals surface area contributed by atoms with Crippen molar-refractivity contribution in [3.63, 3.8) is 0 Å². The highest BCUT2D eigenvalue weighted by Crippen LogP contribution is 2.37. The van der Waals surface area contributed by atoms with Crippen LogP contribution in [-0.4, -0.2) is 25.7 Å². The lowest BCUT2D eigenvalue weighted by Crippen LogP contribution is -1.98. The number of anilines is 1. The number of nitrogens with one attached hydrogen (secondary N) is 1. The van der Waals surface area contributed by atoms with Crippen molar-refractivity contribution >= 4 is 5.69 Å². The fourth-order valence-electron chi connectivity index (χ4n) is 1.98. The second-order valence-corrected chi connectivity index (χ2v) is 4.00. The fourth-order valence-corrected chi connectivity index (χ4v) is 1.98. The second kappa shape index (κ2) is 6.09. The number of methoxy groups -OCH3 is 2. The predicted molar refractivity (Wildman–Crippen MR) is 76.9 cm³/mol. The minimum atomic E-state index is 0.700. The third kappa shape index (κ3) is 2.78. The first-order valence-corrected chi connectivity index (χ1v) is 6.21. The lowest BCUT2D eigenvalue weighted by atomic mass is 10.1. The lowest BCUT2D eigenvalue weighted by Gasteiger charge is -2.13. The van der Waals surface area contributed by atoms with Crippen molar-refractivity contribution in [2.24, 2.45) is 0 Å². The number of nitrogens with zero attached hydrogens (tertiary/aromatic N) is 1. The van der Waals surface area contributed by atoms with Gasteiger partial charge in [-0.2, -0.15) is 0 Å². The summed E-state index contributed by atoms with van der Waals surface area (Å²) in [5.41, 5.74) is 2.81. The smallest absolute Gasteiger partial charge is 0.170 e. The molecule has 0 unspecified atom stereocenters. The molecule has 0 atom stereocenters. The van der Waals surface area contributed by atoms with Gasteiger partial charge in [-0.05, 0) is 31.2 Å². The third-order valence-electron chi connectivity index (χ3n) is 2.82. The molecule has 0 spiro atoms. The van der Waals surface area contributed by atoms with E-state index < -0.39 is 0 Å². The number of benzene rings is 1. The Hall–Kier alpha value is -2.23. The van der Waals surface area contributed by atoms with Gasteiger partial charge in [-0.1, -0.05) is 6.07 Å². The molecule has 0 saturated heterocycles. The third-order valence-corrected chi connectivity index (χ3v) is 2.82. The summed E-state index contributed by atoms with van der Waals surface area (Å²) in [4.78, 5) is 4.40. The number of hydrogen-bond donors (Lipinski definition) is 1. The largest absolute Gasteiger partial charge is 0.493 e. The molecule has 0 fully saturated rings. The van der Waals surface area contributed by atoms with Crippen molar-refractivity contribution in [3.05, 3.63) is 36.5 Å². The Morgan fingerprint density at radius 3 is 2.68 bits per heavy atom. The average molecular weight is 258 g/mol. The molecular formula is C15H18N2O2. The summed E-state index contributed by atoms with van der Waals surface area (Å²) in [5.74, 6) is 1.40. The maximum Gasteiger partial charge on any atom is 0.170 e. The van der Waals surface area contributed by atoms with Crippen molar-refractivity contribution < 1.29 is 9.47 Å². The highest BCUT2D eigenvalue weighted by Gasteiger charge is 2.12. The Balaban J connectivity index is 2.49. The molecule has 0 aliphatic carbocycles. The minimum Gasteiger partial charge on any atom is -0.493 e. The fraction of sp³-hybridized carbons (Fsp3) is 0.267. The molecule has 1 heterocycles. The number of ether oxygens (including phenoxy) is 2. The van der Waals surface area contributed by atoms with Gasteiger partial charge in [0.1, 0.15) is 0 Å². The Labute approximate surface area is 113 Å². The first-order valence-electron chi connectivity index (χ1n) is 6.21. The zero-order valence-corrected chi connectivity index (χ0v) is 11.4. The van der Waals surface area contributed by atoms with Crippen LogP contribution in [0.2, 0.25) is 0 Å². The first-order chi connectivity index (χ1) is 9.30. The Bertz CT molecular complexity index is 556. The molecule has 0 bridgehead atoms. The summed E-state index contributed by atoms with van der Waals surface area (Å²) in [6.07, 6.45) is 1.78. The Kier molecular flexibility index (Phi) is 4.23. The maximum atomic E-state index is 5.44. The molecule has 0 aliphatic rings. The molecular weight excluding hydrogens is 240 g/mol. The normalized spacial score (nSPS) is 10.1. The van der Waals surface area contributed by atoms with Gasteiger partial charge in [0.25, 0.3) is 0 Å². The zero-order valence-electron chi connectivity index (χ0n) is 11.4. The molecule has 0 aliphatic heterocycles. The summed E-state index contributed by atoms with van der Waals surface area (Å²) < 4.78 is 10.7. The van der Waals surface area contributed by atoms with E-state index in [9.17, 15) is 0 Å². The molecule has 19 heavy (non-hydrogen) atoms. The van der Waals surface area contributed by atoms with E-state index in [4.69, 9.17) is 9.47 Å². The molecule has 0 amide bonds. The van der Waals surface area contributed by atoms with Crippen LogP contribution in [0, 0.1) is 0 Å². The SMILES string of the molecule is CCNc1ccnc(-c2cccc(OC)c2OC)c1. The molecule has 1 aromatic heterocycles. The van der Waals surface area contributed by atoms with Gasteiger partial charge in [-0.25, -0.2) is 0 Å². The molecule has 2 rings (SSSR count). The molecule has 1 N–H and O–H groups in total. The summed E-state index contributed by atoms with van der Waals surface area (Å²) in [6.45, 7) is 2.94. The maximum absolute atomic E-state index is 5.44. The van der Waals surface area contributed by atoms with Gasteiger partial charge in [-0.3, -0.25) is 4.98 Å². The van der Waals surface area contributed by atoms with Crippen LogP contribution in [0.5, 0.6) is 11.5 Å². The number of aromatic nitrogens is 1. The van der Waals surface area contributed by atoms with Crippen LogP contribution < -0.4 is 14.8 Å². The van der Waals surface area contributed by atoms with Gasteiger partial charge in [0.05, 0.1) is 19.9 Å². The van der Waals surface area contributed by atoms with Crippen LogP contribution >= 0.6 is 0 Å². The van der Waals surface area contributed by atoms with E-state index in [1.165, 1.54) is 0 Å². The molecule has 100 valence electrons.